The van der Waals surface area contributed by atoms with E-state index in [2.05, 4.69) is 6.92 Å². The van der Waals surface area contributed by atoms with Crippen molar-refractivity contribution in [2.75, 3.05) is 0 Å². The van der Waals surface area contributed by atoms with Gasteiger partial charge in [0.2, 0.25) is 5.79 Å². The highest BCUT2D eigenvalue weighted by Crippen LogP contribution is 2.23. The first kappa shape index (κ1) is 13.6. The number of carbonyl (C=O) groups is 1. The van der Waals surface area contributed by atoms with Crippen LogP contribution >= 0.6 is 0 Å². The van der Waals surface area contributed by atoms with Crippen LogP contribution in [-0.2, 0) is 4.79 Å². The summed E-state index contributed by atoms with van der Waals surface area (Å²) in [5.41, 5.74) is 0. The van der Waals surface area contributed by atoms with Gasteiger partial charge in [-0.1, -0.05) is 39.5 Å². The fraction of sp³-hybridized carbons (Fsp3) is 0.909. The highest BCUT2D eigenvalue weighted by atomic mass is 16.5. The molecule has 3 nitrogen and oxygen atoms in total. The maximum Gasteiger partial charge on any atom is 0.223 e. The Labute approximate surface area is 86.1 Å². The fourth-order valence-electron chi connectivity index (χ4n) is 1.49. The largest absolute Gasteiger partial charge is 0.360 e. The summed E-state index contributed by atoms with van der Waals surface area (Å²) >= 11 is 0. The van der Waals surface area contributed by atoms with Crippen LogP contribution in [0.2, 0.25) is 0 Å². The molecule has 0 aliphatic heterocycles. The molecular formula is C11H22O3. The Bertz CT molecular complexity index is 175. The number of Topliss-reactive ketones (excluding diaryl/α,β-unsaturated/α-hetero) is 1. The molecule has 0 saturated heterocycles. The topological polar surface area (TPSA) is 57.5 Å². The number of rotatable bonds is 7. The smallest absolute Gasteiger partial charge is 0.223 e. The van der Waals surface area contributed by atoms with E-state index in [-0.39, 0.29) is 12.3 Å². The number of aliphatic hydroxyl groups is 2. The van der Waals surface area contributed by atoms with E-state index < -0.39 is 11.6 Å². The Morgan fingerprint density at radius 3 is 2.29 bits per heavy atom. The number of carbonyl (C=O) groups excluding carboxylic acids is 1. The summed E-state index contributed by atoms with van der Waals surface area (Å²) in [5, 5.41) is 18.8. The van der Waals surface area contributed by atoms with Crippen molar-refractivity contribution in [3.8, 4) is 0 Å². The Morgan fingerprint density at radius 1 is 1.36 bits per heavy atom. The van der Waals surface area contributed by atoms with Gasteiger partial charge >= 0.3 is 0 Å². The van der Waals surface area contributed by atoms with Crippen LogP contribution < -0.4 is 0 Å². The molecule has 0 aromatic rings. The van der Waals surface area contributed by atoms with Gasteiger partial charge in [-0.05, 0) is 5.92 Å². The van der Waals surface area contributed by atoms with Gasteiger partial charge in [0, 0.05) is 13.3 Å². The van der Waals surface area contributed by atoms with E-state index in [1.54, 1.807) is 0 Å². The maximum atomic E-state index is 10.9. The molecule has 14 heavy (non-hydrogen) atoms. The lowest BCUT2D eigenvalue weighted by Gasteiger charge is -2.24. The van der Waals surface area contributed by atoms with E-state index in [0.29, 0.717) is 0 Å². The standard InChI is InChI=1S/C11H22O3/c1-4-6-7-10(5-2)8-11(13,14)9(3)12/h10,13-14H,4-8H2,1-3H3. The van der Waals surface area contributed by atoms with E-state index in [1.165, 1.54) is 6.92 Å². The van der Waals surface area contributed by atoms with E-state index >= 15 is 0 Å². The van der Waals surface area contributed by atoms with Crippen molar-refractivity contribution in [3.05, 3.63) is 0 Å². The molecular weight excluding hydrogens is 180 g/mol. The normalized spacial score (nSPS) is 14.1. The fourth-order valence-corrected chi connectivity index (χ4v) is 1.49. The Kier molecular flexibility index (Phi) is 5.96. The first-order chi connectivity index (χ1) is 6.44. The van der Waals surface area contributed by atoms with Crippen LogP contribution in [-0.4, -0.2) is 21.8 Å². The molecule has 0 saturated carbocycles. The highest BCUT2D eigenvalue weighted by Gasteiger charge is 2.31. The highest BCUT2D eigenvalue weighted by molar-refractivity contribution is 5.82. The van der Waals surface area contributed by atoms with E-state index in [0.717, 1.165) is 25.7 Å². The third-order valence-corrected chi connectivity index (χ3v) is 2.68. The molecule has 1 atom stereocenters. The minimum absolute atomic E-state index is 0.166. The van der Waals surface area contributed by atoms with Gasteiger partial charge in [0.05, 0.1) is 0 Å². The molecule has 2 N–H and O–H groups in total. The molecule has 84 valence electrons. The lowest BCUT2D eigenvalue weighted by molar-refractivity contribution is -0.187. The monoisotopic (exact) mass is 202 g/mol. The molecule has 1 unspecified atom stereocenters. The van der Waals surface area contributed by atoms with E-state index in [4.69, 9.17) is 0 Å². The first-order valence-corrected chi connectivity index (χ1v) is 5.39. The number of unbranched alkanes of at least 4 members (excludes halogenated alkanes) is 1. The zero-order valence-corrected chi connectivity index (χ0v) is 9.42. The van der Waals surface area contributed by atoms with Gasteiger partial charge in [-0.2, -0.15) is 0 Å². The molecule has 0 radical (unpaired) electrons. The lowest BCUT2D eigenvalue weighted by Crippen LogP contribution is -2.38. The molecule has 0 amide bonds. The van der Waals surface area contributed by atoms with Crippen LogP contribution in [0.4, 0.5) is 0 Å². The first-order valence-electron chi connectivity index (χ1n) is 5.39. The Balaban J connectivity index is 4.09. The summed E-state index contributed by atoms with van der Waals surface area (Å²) in [4.78, 5) is 10.9. The molecule has 0 spiro atoms. The molecule has 0 aliphatic carbocycles. The number of hydrogen-bond donors (Lipinski definition) is 2. The predicted molar refractivity (Wildman–Crippen MR) is 55.8 cm³/mol. The summed E-state index contributed by atoms with van der Waals surface area (Å²) in [6.07, 6.45) is 4.19. The Hall–Kier alpha value is -0.410. The second-order valence-corrected chi connectivity index (χ2v) is 3.99. The summed E-state index contributed by atoms with van der Waals surface area (Å²) in [7, 11) is 0. The van der Waals surface area contributed by atoms with Crippen LogP contribution in [0, 0.1) is 5.92 Å². The third kappa shape index (κ3) is 4.72. The SMILES string of the molecule is CCCCC(CC)CC(O)(O)C(C)=O. The number of ketones is 1. The van der Waals surface area contributed by atoms with Crippen molar-refractivity contribution >= 4 is 5.78 Å². The van der Waals surface area contributed by atoms with Crippen LogP contribution in [0.1, 0.15) is 52.9 Å². The van der Waals surface area contributed by atoms with Crippen molar-refractivity contribution in [1.82, 2.24) is 0 Å². The van der Waals surface area contributed by atoms with Gasteiger partial charge in [-0.3, -0.25) is 4.79 Å². The van der Waals surface area contributed by atoms with Gasteiger partial charge in [0.1, 0.15) is 0 Å². The van der Waals surface area contributed by atoms with E-state index in [9.17, 15) is 15.0 Å². The molecule has 0 aliphatic rings. The van der Waals surface area contributed by atoms with Crippen molar-refractivity contribution < 1.29 is 15.0 Å². The summed E-state index contributed by atoms with van der Waals surface area (Å²) in [5.74, 6) is -2.45. The maximum absolute atomic E-state index is 10.9. The average Bonchev–Trinajstić information content (AvgIpc) is 2.11. The van der Waals surface area contributed by atoms with E-state index in [1.807, 2.05) is 6.92 Å². The molecule has 0 aromatic heterocycles. The predicted octanol–water partition coefficient (Wildman–Crippen LogP) is 1.86. The van der Waals surface area contributed by atoms with Crippen molar-refractivity contribution in [2.45, 2.75) is 58.7 Å². The summed E-state index contributed by atoms with van der Waals surface area (Å²) in [6, 6.07) is 0. The van der Waals surface area contributed by atoms with Crippen LogP contribution in [0.3, 0.4) is 0 Å². The number of hydrogen-bond acceptors (Lipinski definition) is 3. The third-order valence-electron chi connectivity index (χ3n) is 2.68. The van der Waals surface area contributed by atoms with Gasteiger partial charge in [0.15, 0.2) is 5.78 Å². The van der Waals surface area contributed by atoms with Gasteiger partial charge < -0.3 is 10.2 Å². The lowest BCUT2D eigenvalue weighted by atomic mass is 9.90. The minimum Gasteiger partial charge on any atom is -0.360 e. The van der Waals surface area contributed by atoms with Gasteiger partial charge in [-0.15, -0.1) is 0 Å². The van der Waals surface area contributed by atoms with Crippen molar-refractivity contribution in [1.29, 1.82) is 0 Å². The molecule has 3 heteroatoms. The molecule has 0 fully saturated rings. The summed E-state index contributed by atoms with van der Waals surface area (Å²) < 4.78 is 0. The summed E-state index contributed by atoms with van der Waals surface area (Å²) in [6.45, 7) is 5.33. The van der Waals surface area contributed by atoms with Crippen molar-refractivity contribution in [2.24, 2.45) is 5.92 Å². The van der Waals surface area contributed by atoms with Crippen LogP contribution in [0.25, 0.3) is 0 Å². The molecule has 0 rings (SSSR count). The zero-order chi connectivity index (χ0) is 11.2. The second kappa shape index (κ2) is 6.14. The quantitative estimate of drug-likeness (QED) is 0.619. The molecule has 0 heterocycles. The van der Waals surface area contributed by atoms with Gasteiger partial charge in [-0.25, -0.2) is 0 Å². The zero-order valence-electron chi connectivity index (χ0n) is 9.42. The Morgan fingerprint density at radius 2 is 1.93 bits per heavy atom. The molecule has 0 aromatic carbocycles. The molecule has 0 bridgehead atoms. The minimum atomic E-state index is -2.12. The van der Waals surface area contributed by atoms with Crippen molar-refractivity contribution in [3.63, 3.8) is 0 Å². The average molecular weight is 202 g/mol. The van der Waals surface area contributed by atoms with Crippen LogP contribution in [0.5, 0.6) is 0 Å². The second-order valence-electron chi connectivity index (χ2n) is 3.99. The van der Waals surface area contributed by atoms with Gasteiger partial charge in [0.25, 0.3) is 0 Å². The van der Waals surface area contributed by atoms with Crippen LogP contribution in [0.15, 0.2) is 0 Å².